The molecule has 4 aromatic heterocycles. The number of hydrogen-bond donors (Lipinski definition) is 2. The molecule has 1 fully saturated rings. The number of aromatic nitrogens is 6. The second-order valence-electron chi connectivity index (χ2n) is 8.03. The Balaban J connectivity index is 1.47. The molecule has 1 atom stereocenters. The van der Waals surface area contributed by atoms with Crippen LogP contribution < -0.4 is 10.2 Å². The fraction of sp³-hybridized carbons (Fsp3) is 0.273. The second-order valence-corrected chi connectivity index (χ2v) is 8.03. The Morgan fingerprint density at radius 2 is 2.12 bits per heavy atom. The van der Waals surface area contributed by atoms with Crippen molar-refractivity contribution < 1.29 is 9.90 Å². The summed E-state index contributed by atoms with van der Waals surface area (Å²) in [5, 5.41) is 29.4. The SMILES string of the molecule is Cn1cc(-c2cn3ncc(C#N)c3c(-c3ccc(N4CC[C@@H](CNC(=O)O)C4)nc3)n2)cn1. The first-order valence-corrected chi connectivity index (χ1v) is 10.5. The van der Waals surface area contributed by atoms with E-state index in [0.717, 1.165) is 36.5 Å². The highest BCUT2D eigenvalue weighted by molar-refractivity contribution is 5.83. The number of anilines is 1. The minimum atomic E-state index is -1.00. The number of nitrogens with one attached hydrogen (secondary N) is 1. The number of carbonyl (C=O) groups is 1. The summed E-state index contributed by atoms with van der Waals surface area (Å²) in [5.41, 5.74) is 3.99. The lowest BCUT2D eigenvalue weighted by molar-refractivity contribution is 0.192. The number of hydrogen-bond acceptors (Lipinski definition) is 7. The maximum Gasteiger partial charge on any atom is 0.404 e. The van der Waals surface area contributed by atoms with Crippen LogP contribution in [0.25, 0.3) is 28.0 Å². The predicted octanol–water partition coefficient (Wildman–Crippen LogP) is 2.16. The van der Waals surface area contributed by atoms with Crippen LogP contribution >= 0.6 is 0 Å². The molecule has 0 aromatic carbocycles. The minimum Gasteiger partial charge on any atom is -0.465 e. The number of fused-ring (bicyclic) bond motifs is 1. The van der Waals surface area contributed by atoms with E-state index in [1.807, 2.05) is 25.4 Å². The first-order valence-electron chi connectivity index (χ1n) is 10.5. The van der Waals surface area contributed by atoms with E-state index in [9.17, 15) is 10.1 Å². The molecule has 0 unspecified atom stereocenters. The van der Waals surface area contributed by atoms with Crippen molar-refractivity contribution in [3.8, 4) is 28.6 Å². The average molecular weight is 443 g/mol. The standard InChI is InChI=1S/C22H21N9O2/c1-29-12-17(10-26-29)18-13-31-21(16(6-23)9-27-31)20(28-18)15-2-3-19(24-8-15)30-5-4-14(11-30)7-25-22(32)33/h2-3,8-10,12-14,25H,4-5,7,11H2,1H3,(H,32,33)/t14-/m0/s1. The largest absolute Gasteiger partial charge is 0.465 e. The van der Waals surface area contributed by atoms with Crippen molar-refractivity contribution >= 4 is 17.4 Å². The molecule has 2 N–H and O–H groups in total. The number of carboxylic acid groups (broad SMARTS) is 1. The molecule has 1 saturated heterocycles. The van der Waals surface area contributed by atoms with Gasteiger partial charge in [-0.15, -0.1) is 0 Å². The molecule has 0 saturated carbocycles. The van der Waals surface area contributed by atoms with Crippen LogP contribution in [-0.4, -0.2) is 60.2 Å². The Kier molecular flexibility index (Phi) is 5.10. The lowest BCUT2D eigenvalue weighted by Gasteiger charge is -2.18. The van der Waals surface area contributed by atoms with E-state index >= 15 is 0 Å². The summed E-state index contributed by atoms with van der Waals surface area (Å²) in [6.45, 7) is 2.00. The Morgan fingerprint density at radius 1 is 1.24 bits per heavy atom. The number of nitriles is 1. The molecule has 4 aromatic rings. The molecule has 0 bridgehead atoms. The van der Waals surface area contributed by atoms with E-state index in [0.29, 0.717) is 29.0 Å². The first kappa shape index (κ1) is 20.4. The van der Waals surface area contributed by atoms with Crippen LogP contribution in [-0.2, 0) is 7.05 Å². The van der Waals surface area contributed by atoms with Crippen molar-refractivity contribution in [2.24, 2.45) is 13.0 Å². The molecule has 166 valence electrons. The summed E-state index contributed by atoms with van der Waals surface area (Å²) in [5.74, 6) is 1.08. The molecular formula is C22H21N9O2. The molecule has 5 heterocycles. The summed E-state index contributed by atoms with van der Waals surface area (Å²) in [4.78, 5) is 22.4. The third-order valence-corrected chi connectivity index (χ3v) is 5.79. The normalized spacial score (nSPS) is 15.6. The van der Waals surface area contributed by atoms with E-state index in [2.05, 4.69) is 31.5 Å². The van der Waals surface area contributed by atoms with Gasteiger partial charge in [-0.3, -0.25) is 4.68 Å². The van der Waals surface area contributed by atoms with Gasteiger partial charge in [-0.25, -0.2) is 19.3 Å². The van der Waals surface area contributed by atoms with Crippen LogP contribution in [0.1, 0.15) is 12.0 Å². The molecule has 5 rings (SSSR count). The molecule has 1 aliphatic rings. The molecule has 0 aliphatic carbocycles. The maximum atomic E-state index is 10.7. The van der Waals surface area contributed by atoms with Crippen LogP contribution in [0.5, 0.6) is 0 Å². The van der Waals surface area contributed by atoms with Crippen LogP contribution in [0, 0.1) is 17.2 Å². The lowest BCUT2D eigenvalue weighted by Crippen LogP contribution is -2.29. The molecular weight excluding hydrogens is 422 g/mol. The lowest BCUT2D eigenvalue weighted by atomic mass is 10.1. The summed E-state index contributed by atoms with van der Waals surface area (Å²) in [6, 6.07) is 6.06. The van der Waals surface area contributed by atoms with Gasteiger partial charge in [0, 0.05) is 50.2 Å². The molecule has 0 spiro atoms. The van der Waals surface area contributed by atoms with Gasteiger partial charge in [0.1, 0.15) is 23.0 Å². The average Bonchev–Trinajstić information content (AvgIpc) is 3.56. The Hall–Kier alpha value is -4.46. The van der Waals surface area contributed by atoms with Crippen molar-refractivity contribution in [2.75, 3.05) is 24.5 Å². The number of amides is 1. The highest BCUT2D eigenvalue weighted by atomic mass is 16.4. The van der Waals surface area contributed by atoms with Gasteiger partial charge in [0.15, 0.2) is 0 Å². The van der Waals surface area contributed by atoms with Crippen molar-refractivity contribution in [3.05, 3.63) is 48.7 Å². The van der Waals surface area contributed by atoms with Crippen LogP contribution in [0.3, 0.4) is 0 Å². The Morgan fingerprint density at radius 3 is 2.82 bits per heavy atom. The van der Waals surface area contributed by atoms with Crippen molar-refractivity contribution in [1.82, 2.24) is 34.7 Å². The van der Waals surface area contributed by atoms with Crippen molar-refractivity contribution in [1.29, 1.82) is 5.26 Å². The summed E-state index contributed by atoms with van der Waals surface area (Å²) >= 11 is 0. The Labute approximate surface area is 188 Å². The van der Waals surface area contributed by atoms with E-state index in [-0.39, 0.29) is 5.92 Å². The summed E-state index contributed by atoms with van der Waals surface area (Å²) < 4.78 is 3.37. The predicted molar refractivity (Wildman–Crippen MR) is 119 cm³/mol. The molecule has 0 radical (unpaired) electrons. The molecule has 33 heavy (non-hydrogen) atoms. The van der Waals surface area contributed by atoms with Gasteiger partial charge in [-0.1, -0.05) is 0 Å². The zero-order chi connectivity index (χ0) is 22.9. The molecule has 1 amide bonds. The van der Waals surface area contributed by atoms with Gasteiger partial charge in [-0.2, -0.15) is 15.5 Å². The minimum absolute atomic E-state index is 0.255. The van der Waals surface area contributed by atoms with Gasteiger partial charge >= 0.3 is 6.09 Å². The number of nitrogens with zero attached hydrogens (tertiary/aromatic N) is 8. The van der Waals surface area contributed by atoms with Gasteiger partial charge < -0.3 is 15.3 Å². The third kappa shape index (κ3) is 3.94. The van der Waals surface area contributed by atoms with Gasteiger partial charge in [0.2, 0.25) is 0 Å². The highest BCUT2D eigenvalue weighted by Crippen LogP contribution is 2.30. The first-order chi connectivity index (χ1) is 16.0. The topological polar surface area (TPSA) is 137 Å². The summed E-state index contributed by atoms with van der Waals surface area (Å²) in [6.07, 6.45) is 8.58. The van der Waals surface area contributed by atoms with E-state index < -0.39 is 6.09 Å². The fourth-order valence-electron chi connectivity index (χ4n) is 4.14. The smallest absolute Gasteiger partial charge is 0.404 e. The molecule has 11 nitrogen and oxygen atoms in total. The fourth-order valence-corrected chi connectivity index (χ4v) is 4.14. The number of rotatable bonds is 5. The maximum absolute atomic E-state index is 10.7. The van der Waals surface area contributed by atoms with E-state index in [1.54, 1.807) is 27.8 Å². The second kappa shape index (κ2) is 8.23. The van der Waals surface area contributed by atoms with Crippen molar-refractivity contribution in [2.45, 2.75) is 6.42 Å². The van der Waals surface area contributed by atoms with Crippen molar-refractivity contribution in [3.63, 3.8) is 0 Å². The van der Waals surface area contributed by atoms with Gasteiger partial charge in [0.25, 0.3) is 0 Å². The Bertz CT molecular complexity index is 1370. The van der Waals surface area contributed by atoms with Gasteiger partial charge in [0.05, 0.1) is 30.0 Å². The third-order valence-electron chi connectivity index (χ3n) is 5.79. The number of aryl methyl sites for hydroxylation is 1. The van der Waals surface area contributed by atoms with Crippen LogP contribution in [0.2, 0.25) is 0 Å². The highest BCUT2D eigenvalue weighted by Gasteiger charge is 2.24. The molecule has 11 heteroatoms. The van der Waals surface area contributed by atoms with Crippen LogP contribution in [0.15, 0.2) is 43.1 Å². The molecule has 1 aliphatic heterocycles. The van der Waals surface area contributed by atoms with Gasteiger partial charge in [-0.05, 0) is 24.5 Å². The zero-order valence-corrected chi connectivity index (χ0v) is 17.9. The quantitative estimate of drug-likeness (QED) is 0.479. The monoisotopic (exact) mass is 443 g/mol. The summed E-state index contributed by atoms with van der Waals surface area (Å²) in [7, 11) is 1.84. The number of pyridine rings is 1. The van der Waals surface area contributed by atoms with E-state index in [4.69, 9.17) is 10.1 Å². The van der Waals surface area contributed by atoms with Crippen LogP contribution in [0.4, 0.5) is 10.6 Å². The van der Waals surface area contributed by atoms with E-state index in [1.165, 1.54) is 6.20 Å². The zero-order valence-electron chi connectivity index (χ0n) is 17.9.